The maximum atomic E-state index is 4.78. The molecule has 0 atom stereocenters. The molecular weight excluding hydrogens is 256 g/mol. The predicted octanol–water partition coefficient (Wildman–Crippen LogP) is 5.00. The Balaban J connectivity index is 2.00. The van der Waals surface area contributed by atoms with Gasteiger partial charge in [0.1, 0.15) is 5.82 Å². The van der Waals surface area contributed by atoms with Crippen LogP contribution in [0.25, 0.3) is 33.2 Å². The lowest BCUT2D eigenvalue weighted by Crippen LogP contribution is -1.82. The molecule has 21 heavy (non-hydrogen) atoms. The van der Waals surface area contributed by atoms with Crippen LogP contribution in [0.15, 0.2) is 54.6 Å². The first-order valence-electron chi connectivity index (χ1n) is 7.17. The molecule has 0 bridgehead atoms. The molecule has 4 rings (SSSR count). The van der Waals surface area contributed by atoms with E-state index in [0.717, 1.165) is 22.4 Å². The standard InChI is InChI=1S/C19H16N2/c1-12-10-17-18(11-13(12)2)21-19(20-17)16-9-5-7-14-6-3-4-8-15(14)16/h3-11H,1-2H3,(H,20,21). The SMILES string of the molecule is Cc1cc2nc(-c3cccc4ccccc34)[nH]c2cc1C. The minimum absolute atomic E-state index is 0.937. The third-order valence-corrected chi connectivity index (χ3v) is 4.14. The quantitative estimate of drug-likeness (QED) is 0.519. The van der Waals surface area contributed by atoms with E-state index < -0.39 is 0 Å². The number of hydrogen-bond acceptors (Lipinski definition) is 1. The lowest BCUT2D eigenvalue weighted by molar-refractivity contribution is 1.35. The number of aromatic nitrogens is 2. The zero-order valence-electron chi connectivity index (χ0n) is 12.1. The Morgan fingerprint density at radius 3 is 2.52 bits per heavy atom. The van der Waals surface area contributed by atoms with Gasteiger partial charge in [-0.25, -0.2) is 4.98 Å². The highest BCUT2D eigenvalue weighted by Crippen LogP contribution is 2.28. The van der Waals surface area contributed by atoms with Gasteiger partial charge in [-0.15, -0.1) is 0 Å². The van der Waals surface area contributed by atoms with Crippen molar-refractivity contribution in [3.63, 3.8) is 0 Å². The smallest absolute Gasteiger partial charge is 0.139 e. The molecule has 1 N–H and O–H groups in total. The van der Waals surface area contributed by atoms with Crippen molar-refractivity contribution in [1.29, 1.82) is 0 Å². The highest BCUT2D eigenvalue weighted by molar-refractivity contribution is 5.96. The second-order valence-electron chi connectivity index (χ2n) is 5.57. The van der Waals surface area contributed by atoms with Gasteiger partial charge in [0, 0.05) is 5.56 Å². The van der Waals surface area contributed by atoms with Crippen LogP contribution in [0.1, 0.15) is 11.1 Å². The number of nitrogens with zero attached hydrogens (tertiary/aromatic N) is 1. The average molecular weight is 272 g/mol. The van der Waals surface area contributed by atoms with Crippen molar-refractivity contribution in [3.8, 4) is 11.4 Å². The molecule has 0 spiro atoms. The largest absolute Gasteiger partial charge is 0.338 e. The molecule has 1 aromatic heterocycles. The summed E-state index contributed by atoms with van der Waals surface area (Å²) in [6, 6.07) is 19.1. The van der Waals surface area contributed by atoms with E-state index in [-0.39, 0.29) is 0 Å². The van der Waals surface area contributed by atoms with Gasteiger partial charge in [0.2, 0.25) is 0 Å². The molecule has 4 aromatic rings. The summed E-state index contributed by atoms with van der Waals surface area (Å²) >= 11 is 0. The molecule has 0 aliphatic carbocycles. The second-order valence-corrected chi connectivity index (χ2v) is 5.57. The molecule has 3 aromatic carbocycles. The molecule has 2 nitrogen and oxygen atoms in total. The average Bonchev–Trinajstić information content (AvgIpc) is 2.90. The van der Waals surface area contributed by atoms with Gasteiger partial charge in [-0.05, 0) is 47.9 Å². The molecule has 0 amide bonds. The maximum Gasteiger partial charge on any atom is 0.139 e. The van der Waals surface area contributed by atoms with Crippen LogP contribution in [-0.2, 0) is 0 Å². The van der Waals surface area contributed by atoms with Crippen molar-refractivity contribution >= 4 is 21.8 Å². The Kier molecular flexibility index (Phi) is 2.58. The minimum atomic E-state index is 0.937. The summed E-state index contributed by atoms with van der Waals surface area (Å²) < 4.78 is 0. The summed E-state index contributed by atoms with van der Waals surface area (Å²) in [5, 5.41) is 2.47. The Morgan fingerprint density at radius 1 is 0.857 bits per heavy atom. The molecule has 0 unspecified atom stereocenters. The molecule has 102 valence electrons. The summed E-state index contributed by atoms with van der Waals surface area (Å²) in [5.41, 5.74) is 5.84. The first kappa shape index (κ1) is 12.2. The van der Waals surface area contributed by atoms with E-state index in [0.29, 0.717) is 0 Å². The van der Waals surface area contributed by atoms with E-state index in [1.165, 1.54) is 21.9 Å². The minimum Gasteiger partial charge on any atom is -0.338 e. The molecule has 0 aliphatic heterocycles. The van der Waals surface area contributed by atoms with Gasteiger partial charge in [0.05, 0.1) is 11.0 Å². The van der Waals surface area contributed by atoms with Gasteiger partial charge in [0.25, 0.3) is 0 Å². The van der Waals surface area contributed by atoms with Gasteiger partial charge in [-0.2, -0.15) is 0 Å². The lowest BCUT2D eigenvalue weighted by atomic mass is 10.0. The van der Waals surface area contributed by atoms with E-state index >= 15 is 0 Å². The molecule has 1 heterocycles. The van der Waals surface area contributed by atoms with Crippen LogP contribution in [0, 0.1) is 13.8 Å². The van der Waals surface area contributed by atoms with Crippen molar-refractivity contribution in [3.05, 3.63) is 65.7 Å². The van der Waals surface area contributed by atoms with Crippen LogP contribution in [-0.4, -0.2) is 9.97 Å². The molecular formula is C19H16N2. The van der Waals surface area contributed by atoms with E-state index in [2.05, 4.69) is 73.4 Å². The summed E-state index contributed by atoms with van der Waals surface area (Å²) in [4.78, 5) is 8.24. The Morgan fingerprint density at radius 2 is 1.62 bits per heavy atom. The van der Waals surface area contributed by atoms with Gasteiger partial charge in [0.15, 0.2) is 0 Å². The first-order chi connectivity index (χ1) is 10.2. The second kappa shape index (κ2) is 4.45. The molecule has 0 radical (unpaired) electrons. The van der Waals surface area contributed by atoms with Crippen LogP contribution in [0.2, 0.25) is 0 Å². The zero-order valence-corrected chi connectivity index (χ0v) is 12.1. The van der Waals surface area contributed by atoms with Gasteiger partial charge < -0.3 is 4.98 Å². The van der Waals surface area contributed by atoms with Crippen molar-refractivity contribution in [2.45, 2.75) is 13.8 Å². The normalized spacial score (nSPS) is 11.3. The fourth-order valence-electron chi connectivity index (χ4n) is 2.83. The Labute approximate surface area is 123 Å². The van der Waals surface area contributed by atoms with Gasteiger partial charge >= 0.3 is 0 Å². The highest BCUT2D eigenvalue weighted by Gasteiger charge is 2.09. The third-order valence-electron chi connectivity index (χ3n) is 4.14. The number of aryl methyl sites for hydroxylation is 2. The Bertz CT molecular complexity index is 920. The van der Waals surface area contributed by atoms with Crippen molar-refractivity contribution in [2.75, 3.05) is 0 Å². The van der Waals surface area contributed by atoms with Crippen molar-refractivity contribution < 1.29 is 0 Å². The van der Waals surface area contributed by atoms with E-state index in [1.807, 2.05) is 0 Å². The summed E-state index contributed by atoms with van der Waals surface area (Å²) in [7, 11) is 0. The topological polar surface area (TPSA) is 28.7 Å². The number of nitrogens with one attached hydrogen (secondary N) is 1. The van der Waals surface area contributed by atoms with Gasteiger partial charge in [-0.1, -0.05) is 42.5 Å². The van der Waals surface area contributed by atoms with Crippen LogP contribution in [0.3, 0.4) is 0 Å². The monoisotopic (exact) mass is 272 g/mol. The Hall–Kier alpha value is -2.61. The number of benzene rings is 3. The van der Waals surface area contributed by atoms with E-state index in [4.69, 9.17) is 4.98 Å². The molecule has 0 saturated heterocycles. The summed E-state index contributed by atoms with van der Waals surface area (Å²) in [5.74, 6) is 0.937. The highest BCUT2D eigenvalue weighted by atomic mass is 14.9. The summed E-state index contributed by atoms with van der Waals surface area (Å²) in [6.07, 6.45) is 0. The van der Waals surface area contributed by atoms with Crippen LogP contribution in [0.5, 0.6) is 0 Å². The maximum absolute atomic E-state index is 4.78. The number of rotatable bonds is 1. The number of hydrogen-bond donors (Lipinski definition) is 1. The zero-order chi connectivity index (χ0) is 14.4. The number of fused-ring (bicyclic) bond motifs is 2. The number of H-pyrrole nitrogens is 1. The van der Waals surface area contributed by atoms with E-state index in [1.54, 1.807) is 0 Å². The number of imidazole rings is 1. The lowest BCUT2D eigenvalue weighted by Gasteiger charge is -2.03. The van der Waals surface area contributed by atoms with Crippen LogP contribution >= 0.6 is 0 Å². The fraction of sp³-hybridized carbons (Fsp3) is 0.105. The third kappa shape index (κ3) is 1.91. The molecule has 0 aliphatic rings. The van der Waals surface area contributed by atoms with Crippen LogP contribution < -0.4 is 0 Å². The molecule has 2 heteroatoms. The first-order valence-corrected chi connectivity index (χ1v) is 7.17. The van der Waals surface area contributed by atoms with Crippen molar-refractivity contribution in [2.24, 2.45) is 0 Å². The predicted molar refractivity (Wildman–Crippen MR) is 88.5 cm³/mol. The van der Waals surface area contributed by atoms with Crippen LogP contribution in [0.4, 0.5) is 0 Å². The van der Waals surface area contributed by atoms with Crippen molar-refractivity contribution in [1.82, 2.24) is 9.97 Å². The summed E-state index contributed by atoms with van der Waals surface area (Å²) in [6.45, 7) is 4.26. The van der Waals surface area contributed by atoms with E-state index in [9.17, 15) is 0 Å². The molecule has 0 fully saturated rings. The van der Waals surface area contributed by atoms with Gasteiger partial charge in [-0.3, -0.25) is 0 Å². The number of aromatic amines is 1. The molecule has 0 saturated carbocycles. The fourth-order valence-corrected chi connectivity index (χ4v) is 2.83.